The summed E-state index contributed by atoms with van der Waals surface area (Å²) in [6.45, 7) is 1.48. The smallest absolute Gasteiger partial charge is 0.149 e. The molecule has 0 fully saturated rings. The average Bonchev–Trinajstić information content (AvgIpc) is 2.46. The molecule has 2 N–H and O–H groups in total. The summed E-state index contributed by atoms with van der Waals surface area (Å²) >= 11 is 0. The van der Waals surface area contributed by atoms with E-state index >= 15 is 0 Å². The molecular formula is C16H16F2N2. The molecule has 0 amide bonds. The largest absolute Gasteiger partial charge is 0.385 e. The molecule has 1 heterocycles. The van der Waals surface area contributed by atoms with Crippen molar-refractivity contribution in [2.24, 2.45) is 0 Å². The minimum atomic E-state index is -0.567. The van der Waals surface area contributed by atoms with Crippen LogP contribution in [-0.2, 0) is 13.0 Å². The maximum Gasteiger partial charge on any atom is 0.149 e. The van der Waals surface area contributed by atoms with Gasteiger partial charge >= 0.3 is 0 Å². The number of hydrogen-bond acceptors (Lipinski definition) is 2. The predicted octanol–water partition coefficient (Wildman–Crippen LogP) is 3.94. The molecule has 4 heteroatoms. The molecule has 0 bridgehead atoms. The number of anilines is 2. The molecule has 0 radical (unpaired) electrons. The van der Waals surface area contributed by atoms with Gasteiger partial charge in [-0.2, -0.15) is 0 Å². The van der Waals surface area contributed by atoms with Gasteiger partial charge in [-0.05, 0) is 36.1 Å². The topological polar surface area (TPSA) is 24.1 Å². The molecule has 20 heavy (non-hydrogen) atoms. The van der Waals surface area contributed by atoms with Crippen LogP contribution in [0.5, 0.6) is 0 Å². The van der Waals surface area contributed by atoms with Gasteiger partial charge in [-0.1, -0.05) is 18.2 Å². The highest BCUT2D eigenvalue weighted by Gasteiger charge is 2.12. The fraction of sp³-hybridized carbons (Fsp3) is 0.250. The zero-order valence-electron chi connectivity index (χ0n) is 11.0. The lowest BCUT2D eigenvalue weighted by Gasteiger charge is -2.21. The summed E-state index contributed by atoms with van der Waals surface area (Å²) < 4.78 is 26.4. The van der Waals surface area contributed by atoms with Crippen molar-refractivity contribution in [3.05, 3.63) is 59.2 Å². The number of halogens is 2. The summed E-state index contributed by atoms with van der Waals surface area (Å²) in [5.41, 5.74) is 3.87. The van der Waals surface area contributed by atoms with Crippen LogP contribution in [0.3, 0.4) is 0 Å². The van der Waals surface area contributed by atoms with Gasteiger partial charge in [-0.3, -0.25) is 0 Å². The second kappa shape index (κ2) is 5.49. The van der Waals surface area contributed by atoms with Gasteiger partial charge in [0.25, 0.3) is 0 Å². The third kappa shape index (κ3) is 2.59. The SMILES string of the molecule is Fc1ccc(NCc2cccc3c2NCCC3)c(F)c1. The number of para-hydroxylation sites is 1. The molecule has 2 aromatic carbocycles. The van der Waals surface area contributed by atoms with Crippen LogP contribution in [0.2, 0.25) is 0 Å². The van der Waals surface area contributed by atoms with Crippen LogP contribution in [-0.4, -0.2) is 6.54 Å². The first-order valence-corrected chi connectivity index (χ1v) is 6.77. The summed E-state index contributed by atoms with van der Waals surface area (Å²) in [4.78, 5) is 0. The molecule has 104 valence electrons. The van der Waals surface area contributed by atoms with E-state index in [4.69, 9.17) is 0 Å². The Kier molecular flexibility index (Phi) is 3.54. The molecule has 2 nitrogen and oxygen atoms in total. The minimum absolute atomic E-state index is 0.319. The first-order chi connectivity index (χ1) is 9.74. The van der Waals surface area contributed by atoms with Gasteiger partial charge in [0.15, 0.2) is 0 Å². The Hall–Kier alpha value is -2.10. The second-order valence-electron chi connectivity index (χ2n) is 4.96. The van der Waals surface area contributed by atoms with E-state index in [2.05, 4.69) is 16.7 Å². The standard InChI is InChI=1S/C16H16F2N2/c17-13-6-7-15(14(18)9-13)20-10-12-4-1-3-11-5-2-8-19-16(11)12/h1,3-4,6-7,9,19-20H,2,5,8,10H2. The van der Waals surface area contributed by atoms with Crippen LogP contribution in [0.1, 0.15) is 17.5 Å². The number of aryl methyl sites for hydroxylation is 1. The van der Waals surface area contributed by atoms with Crippen molar-refractivity contribution < 1.29 is 8.78 Å². The van der Waals surface area contributed by atoms with Crippen LogP contribution >= 0.6 is 0 Å². The molecule has 1 aliphatic rings. The van der Waals surface area contributed by atoms with Crippen molar-refractivity contribution in [3.63, 3.8) is 0 Å². The summed E-state index contributed by atoms with van der Waals surface area (Å²) in [5, 5.41) is 6.42. The lowest BCUT2D eigenvalue weighted by Crippen LogP contribution is -2.15. The fourth-order valence-corrected chi connectivity index (χ4v) is 2.55. The molecule has 0 unspecified atom stereocenters. The molecule has 1 aliphatic heterocycles. The lowest BCUT2D eigenvalue weighted by atomic mass is 9.99. The highest BCUT2D eigenvalue weighted by atomic mass is 19.1. The van der Waals surface area contributed by atoms with E-state index in [1.807, 2.05) is 12.1 Å². The van der Waals surface area contributed by atoms with E-state index in [1.165, 1.54) is 17.7 Å². The van der Waals surface area contributed by atoms with E-state index in [0.29, 0.717) is 12.2 Å². The van der Waals surface area contributed by atoms with Crippen LogP contribution in [0.4, 0.5) is 20.2 Å². The Morgan fingerprint density at radius 2 is 2.05 bits per heavy atom. The predicted molar refractivity (Wildman–Crippen MR) is 76.9 cm³/mol. The van der Waals surface area contributed by atoms with E-state index < -0.39 is 11.6 Å². The van der Waals surface area contributed by atoms with Gasteiger partial charge in [0, 0.05) is 24.8 Å². The molecular weight excluding hydrogens is 258 g/mol. The number of hydrogen-bond donors (Lipinski definition) is 2. The second-order valence-corrected chi connectivity index (χ2v) is 4.96. The van der Waals surface area contributed by atoms with E-state index in [9.17, 15) is 8.78 Å². The molecule has 3 rings (SSSR count). The maximum atomic E-state index is 13.6. The zero-order valence-corrected chi connectivity index (χ0v) is 11.0. The molecule has 0 aromatic heterocycles. The molecule has 0 saturated carbocycles. The highest BCUT2D eigenvalue weighted by molar-refractivity contribution is 5.60. The number of fused-ring (bicyclic) bond motifs is 1. The van der Waals surface area contributed by atoms with Gasteiger partial charge < -0.3 is 10.6 Å². The Labute approximate surface area is 116 Å². The zero-order chi connectivity index (χ0) is 13.9. The highest BCUT2D eigenvalue weighted by Crippen LogP contribution is 2.27. The van der Waals surface area contributed by atoms with Gasteiger partial charge in [-0.15, -0.1) is 0 Å². The maximum absolute atomic E-state index is 13.6. The summed E-state index contributed by atoms with van der Waals surface area (Å²) in [7, 11) is 0. The monoisotopic (exact) mass is 274 g/mol. The quantitative estimate of drug-likeness (QED) is 0.886. The summed E-state index contributed by atoms with van der Waals surface area (Å²) in [6.07, 6.45) is 2.21. The summed E-state index contributed by atoms with van der Waals surface area (Å²) in [6, 6.07) is 9.72. The Morgan fingerprint density at radius 1 is 1.15 bits per heavy atom. The normalized spacial score (nSPS) is 13.5. The third-order valence-corrected chi connectivity index (χ3v) is 3.56. The molecule has 0 saturated heterocycles. The first kappa shape index (κ1) is 12.9. The van der Waals surface area contributed by atoms with E-state index in [0.717, 1.165) is 36.7 Å². The Morgan fingerprint density at radius 3 is 2.90 bits per heavy atom. The van der Waals surface area contributed by atoms with E-state index in [-0.39, 0.29) is 0 Å². The summed E-state index contributed by atoms with van der Waals surface area (Å²) in [5.74, 6) is -1.13. The Balaban J connectivity index is 1.78. The van der Waals surface area contributed by atoms with Crippen molar-refractivity contribution in [3.8, 4) is 0 Å². The van der Waals surface area contributed by atoms with Gasteiger partial charge in [0.1, 0.15) is 11.6 Å². The average molecular weight is 274 g/mol. The Bertz CT molecular complexity index is 626. The number of nitrogens with one attached hydrogen (secondary N) is 2. The van der Waals surface area contributed by atoms with Crippen LogP contribution in [0.25, 0.3) is 0 Å². The fourth-order valence-electron chi connectivity index (χ4n) is 2.55. The van der Waals surface area contributed by atoms with Crippen molar-refractivity contribution in [1.82, 2.24) is 0 Å². The number of rotatable bonds is 3. The molecule has 2 aromatic rings. The first-order valence-electron chi connectivity index (χ1n) is 6.77. The van der Waals surface area contributed by atoms with Crippen LogP contribution in [0.15, 0.2) is 36.4 Å². The van der Waals surface area contributed by atoms with Gasteiger partial charge in [-0.25, -0.2) is 8.78 Å². The molecule has 0 atom stereocenters. The minimum Gasteiger partial charge on any atom is -0.385 e. The van der Waals surface area contributed by atoms with Crippen molar-refractivity contribution in [2.45, 2.75) is 19.4 Å². The van der Waals surface area contributed by atoms with Crippen molar-refractivity contribution in [2.75, 3.05) is 17.2 Å². The van der Waals surface area contributed by atoms with Gasteiger partial charge in [0.2, 0.25) is 0 Å². The van der Waals surface area contributed by atoms with Crippen LogP contribution < -0.4 is 10.6 Å². The van der Waals surface area contributed by atoms with Crippen LogP contribution in [0, 0.1) is 11.6 Å². The number of benzene rings is 2. The molecule has 0 aliphatic carbocycles. The van der Waals surface area contributed by atoms with Crippen molar-refractivity contribution in [1.29, 1.82) is 0 Å². The molecule has 0 spiro atoms. The lowest BCUT2D eigenvalue weighted by molar-refractivity contribution is 0.585. The van der Waals surface area contributed by atoms with Crippen molar-refractivity contribution >= 4 is 11.4 Å². The van der Waals surface area contributed by atoms with Gasteiger partial charge in [0.05, 0.1) is 5.69 Å². The van der Waals surface area contributed by atoms with E-state index in [1.54, 1.807) is 0 Å². The third-order valence-electron chi connectivity index (χ3n) is 3.56.